The molecule has 0 spiro atoms. The highest BCUT2D eigenvalue weighted by atomic mass is 35.5. The van der Waals surface area contributed by atoms with Crippen molar-refractivity contribution in [1.29, 1.82) is 0 Å². The summed E-state index contributed by atoms with van der Waals surface area (Å²) >= 11 is 12.2. The minimum Gasteiger partial charge on any atom is -0.490 e. The Balaban J connectivity index is 1.40. The fourth-order valence-corrected chi connectivity index (χ4v) is 5.63. The van der Waals surface area contributed by atoms with Gasteiger partial charge in [0.05, 0.1) is 10.5 Å². The van der Waals surface area contributed by atoms with Crippen LogP contribution in [0.25, 0.3) is 23.1 Å². The molecular formula is C34H33Cl2NO6. The topological polar surface area (TPSA) is 98.0 Å². The first-order valence-corrected chi connectivity index (χ1v) is 14.6. The Morgan fingerprint density at radius 2 is 1.63 bits per heavy atom. The highest BCUT2D eigenvalue weighted by Gasteiger charge is 2.18. The largest absolute Gasteiger partial charge is 0.490 e. The third kappa shape index (κ3) is 8.43. The van der Waals surface area contributed by atoms with Gasteiger partial charge < -0.3 is 24.3 Å². The zero-order valence-corrected chi connectivity index (χ0v) is 25.5. The summed E-state index contributed by atoms with van der Waals surface area (Å²) in [7, 11) is 0. The highest BCUT2D eigenvalue weighted by molar-refractivity contribution is 6.35. The second kappa shape index (κ2) is 14.8. The molecule has 43 heavy (non-hydrogen) atoms. The maximum absolute atomic E-state index is 11.7. The molecule has 0 atom stereocenters. The van der Waals surface area contributed by atoms with E-state index in [1.807, 2.05) is 80.6 Å². The molecule has 7 nitrogen and oxygen atoms in total. The van der Waals surface area contributed by atoms with Crippen molar-refractivity contribution in [3.8, 4) is 11.5 Å². The molecule has 224 valence electrons. The predicted octanol–water partition coefficient (Wildman–Crippen LogP) is 8.24. The van der Waals surface area contributed by atoms with Crippen LogP contribution in [0.1, 0.15) is 40.8 Å². The van der Waals surface area contributed by atoms with E-state index >= 15 is 0 Å². The molecule has 4 aromatic rings. The van der Waals surface area contributed by atoms with Crippen molar-refractivity contribution in [3.63, 3.8) is 0 Å². The molecule has 1 heterocycles. The lowest BCUT2D eigenvalue weighted by molar-refractivity contribution is -0.138. The van der Waals surface area contributed by atoms with Gasteiger partial charge in [-0.15, -0.1) is 0 Å². The standard InChI is InChI=1S/C34H33Cl2NO6/c1-22-19-26(35)20-30(36)34(22)43-18-4-3-17-42-27-15-12-24(13-16-27)11-14-25-7-5-9-29-28(8-6-10-31(38)39)23(2)37(33(25)29)21-32(40)41/h3-5,7,9,11-16,19-20H,6,8,10,17-18,21H2,1-2H3,(H,38,39)(H,40,41). The fourth-order valence-electron chi connectivity index (χ4n) is 4.98. The summed E-state index contributed by atoms with van der Waals surface area (Å²) in [6.07, 6.45) is 8.78. The van der Waals surface area contributed by atoms with Gasteiger partial charge >= 0.3 is 11.9 Å². The fraction of sp³-hybridized carbons (Fsp3) is 0.235. The van der Waals surface area contributed by atoms with Gasteiger partial charge in [-0.2, -0.15) is 0 Å². The Morgan fingerprint density at radius 1 is 0.907 bits per heavy atom. The van der Waals surface area contributed by atoms with Crippen LogP contribution < -0.4 is 9.47 Å². The number of rotatable bonds is 14. The van der Waals surface area contributed by atoms with Crippen LogP contribution in [0.4, 0.5) is 0 Å². The van der Waals surface area contributed by atoms with E-state index < -0.39 is 11.9 Å². The number of para-hydroxylation sites is 1. The van der Waals surface area contributed by atoms with Crippen LogP contribution >= 0.6 is 23.2 Å². The average Bonchev–Trinajstić information content (AvgIpc) is 3.21. The predicted molar refractivity (Wildman–Crippen MR) is 172 cm³/mol. The Labute approximate surface area is 260 Å². The molecule has 4 rings (SSSR count). The van der Waals surface area contributed by atoms with Crippen molar-refractivity contribution in [3.05, 3.63) is 105 Å². The highest BCUT2D eigenvalue weighted by Crippen LogP contribution is 2.32. The molecule has 0 unspecified atom stereocenters. The molecule has 1 aromatic heterocycles. The number of fused-ring (bicyclic) bond motifs is 1. The van der Waals surface area contributed by atoms with Crippen LogP contribution in [0.2, 0.25) is 10.0 Å². The van der Waals surface area contributed by atoms with E-state index in [1.54, 1.807) is 16.7 Å². The van der Waals surface area contributed by atoms with Crippen LogP contribution in [0.5, 0.6) is 11.5 Å². The van der Waals surface area contributed by atoms with Gasteiger partial charge in [0, 0.05) is 22.5 Å². The lowest BCUT2D eigenvalue weighted by atomic mass is 10.0. The maximum Gasteiger partial charge on any atom is 0.323 e. The summed E-state index contributed by atoms with van der Waals surface area (Å²) in [6, 6.07) is 17.0. The van der Waals surface area contributed by atoms with Crippen molar-refractivity contribution in [2.24, 2.45) is 0 Å². The van der Waals surface area contributed by atoms with E-state index in [-0.39, 0.29) is 13.0 Å². The van der Waals surface area contributed by atoms with Gasteiger partial charge in [-0.3, -0.25) is 9.59 Å². The lowest BCUT2D eigenvalue weighted by Crippen LogP contribution is -2.10. The first-order valence-electron chi connectivity index (χ1n) is 13.8. The average molecular weight is 623 g/mol. The normalized spacial score (nSPS) is 11.5. The quantitative estimate of drug-likeness (QED) is 0.109. The summed E-state index contributed by atoms with van der Waals surface area (Å²) in [4.78, 5) is 22.7. The number of carbonyl (C=O) groups is 2. The smallest absolute Gasteiger partial charge is 0.323 e. The molecule has 3 aromatic carbocycles. The van der Waals surface area contributed by atoms with Crippen molar-refractivity contribution in [1.82, 2.24) is 4.57 Å². The van der Waals surface area contributed by atoms with Crippen LogP contribution in [0.3, 0.4) is 0 Å². The zero-order chi connectivity index (χ0) is 30.9. The Bertz CT molecular complexity index is 1650. The maximum atomic E-state index is 11.7. The van der Waals surface area contributed by atoms with Crippen LogP contribution in [-0.2, 0) is 22.6 Å². The van der Waals surface area contributed by atoms with E-state index in [4.69, 9.17) is 37.8 Å². The number of carboxylic acid groups (broad SMARTS) is 2. The van der Waals surface area contributed by atoms with Gasteiger partial charge in [0.15, 0.2) is 0 Å². The van der Waals surface area contributed by atoms with Crippen LogP contribution in [0, 0.1) is 13.8 Å². The number of carboxylic acids is 2. The van der Waals surface area contributed by atoms with Gasteiger partial charge in [0.2, 0.25) is 0 Å². The zero-order valence-electron chi connectivity index (χ0n) is 24.0. The number of hydrogen-bond donors (Lipinski definition) is 2. The van der Waals surface area contributed by atoms with Gasteiger partial charge in [-0.05, 0) is 85.4 Å². The third-order valence-electron chi connectivity index (χ3n) is 6.98. The van der Waals surface area contributed by atoms with E-state index in [0.29, 0.717) is 41.9 Å². The van der Waals surface area contributed by atoms with Gasteiger partial charge in [0.1, 0.15) is 31.3 Å². The number of benzene rings is 3. The molecule has 9 heteroatoms. The third-order valence-corrected chi connectivity index (χ3v) is 7.48. The molecule has 0 aliphatic rings. The van der Waals surface area contributed by atoms with E-state index in [1.165, 1.54) is 0 Å². The number of aryl methyl sites for hydroxylation is 2. The van der Waals surface area contributed by atoms with Crippen LogP contribution in [-0.4, -0.2) is 39.9 Å². The number of aromatic nitrogens is 1. The molecule has 0 radical (unpaired) electrons. The SMILES string of the molecule is Cc1cc(Cl)cc(Cl)c1OCC=CCOc1ccc(C=Cc2cccc3c(CCCC(=O)O)c(C)n(CC(=O)O)c23)cc1. The van der Waals surface area contributed by atoms with Crippen molar-refractivity contribution in [2.75, 3.05) is 13.2 Å². The molecule has 2 N–H and O–H groups in total. The van der Waals surface area contributed by atoms with Crippen molar-refractivity contribution in [2.45, 2.75) is 39.7 Å². The molecule has 0 saturated heterocycles. The molecule has 0 saturated carbocycles. The molecular weight excluding hydrogens is 589 g/mol. The Hall–Kier alpha value is -4.20. The number of nitrogens with zero attached hydrogens (tertiary/aromatic N) is 1. The summed E-state index contributed by atoms with van der Waals surface area (Å²) < 4.78 is 13.4. The first kappa shape index (κ1) is 31.7. The number of halogens is 2. The van der Waals surface area contributed by atoms with Gasteiger partial charge in [-0.1, -0.05) is 65.7 Å². The molecule has 0 amide bonds. The Kier molecular flexibility index (Phi) is 10.9. The van der Waals surface area contributed by atoms with Gasteiger partial charge in [0.25, 0.3) is 0 Å². The number of ether oxygens (including phenoxy) is 2. The first-order chi connectivity index (χ1) is 20.6. The summed E-state index contributed by atoms with van der Waals surface area (Å²) in [5.41, 5.74) is 5.36. The molecule has 0 fully saturated rings. The van der Waals surface area contributed by atoms with Crippen molar-refractivity contribution < 1.29 is 29.3 Å². The minimum atomic E-state index is -0.935. The number of hydrogen-bond acceptors (Lipinski definition) is 4. The van der Waals surface area contributed by atoms with Gasteiger partial charge in [-0.25, -0.2) is 0 Å². The summed E-state index contributed by atoms with van der Waals surface area (Å²) in [5, 5.41) is 20.6. The van der Waals surface area contributed by atoms with E-state index in [9.17, 15) is 14.7 Å². The van der Waals surface area contributed by atoms with Crippen LogP contribution in [0.15, 0.2) is 66.7 Å². The molecule has 0 aliphatic heterocycles. The van der Waals surface area contributed by atoms with E-state index in [0.717, 1.165) is 44.6 Å². The van der Waals surface area contributed by atoms with Crippen molar-refractivity contribution >= 4 is 58.2 Å². The lowest BCUT2D eigenvalue weighted by Gasteiger charge is -2.09. The second-order valence-electron chi connectivity index (χ2n) is 10.1. The summed E-state index contributed by atoms with van der Waals surface area (Å²) in [5.74, 6) is -0.449. The number of aliphatic carboxylic acids is 2. The molecule has 0 bridgehead atoms. The van der Waals surface area contributed by atoms with E-state index in [2.05, 4.69) is 0 Å². The summed E-state index contributed by atoms with van der Waals surface area (Å²) in [6.45, 7) is 4.33. The molecule has 0 aliphatic carbocycles. The second-order valence-corrected chi connectivity index (χ2v) is 10.9. The minimum absolute atomic E-state index is 0.0639. The Morgan fingerprint density at radius 3 is 2.30 bits per heavy atom. The monoisotopic (exact) mass is 621 g/mol.